The topological polar surface area (TPSA) is 57.6 Å². The highest BCUT2D eigenvalue weighted by Crippen LogP contribution is 2.35. The quantitative estimate of drug-likeness (QED) is 0.871. The van der Waals surface area contributed by atoms with Crippen molar-refractivity contribution in [2.24, 2.45) is 5.92 Å². The van der Waals surface area contributed by atoms with Crippen molar-refractivity contribution >= 4 is 35.1 Å². The molecule has 1 amide bonds. The van der Waals surface area contributed by atoms with Crippen LogP contribution in [0.2, 0.25) is 10.0 Å². The maximum Gasteiger partial charge on any atom is 0.326 e. The zero-order valence-corrected chi connectivity index (χ0v) is 14.2. The van der Waals surface area contributed by atoms with E-state index in [0.717, 1.165) is 31.2 Å². The van der Waals surface area contributed by atoms with Crippen molar-refractivity contribution in [3.05, 3.63) is 33.3 Å². The molecule has 2 aliphatic rings. The van der Waals surface area contributed by atoms with Crippen LogP contribution in [0.15, 0.2) is 12.1 Å². The molecule has 6 heteroatoms. The van der Waals surface area contributed by atoms with Crippen LogP contribution in [0.4, 0.5) is 0 Å². The van der Waals surface area contributed by atoms with Crippen LogP contribution >= 0.6 is 23.2 Å². The molecule has 0 aromatic heterocycles. The number of hydrogen-bond acceptors (Lipinski definition) is 2. The molecule has 0 bridgehead atoms. The monoisotopic (exact) mass is 355 g/mol. The van der Waals surface area contributed by atoms with E-state index in [9.17, 15) is 14.7 Å². The normalized spacial score (nSPS) is 19.7. The van der Waals surface area contributed by atoms with Crippen molar-refractivity contribution in [2.45, 2.75) is 51.1 Å². The van der Waals surface area contributed by atoms with Gasteiger partial charge in [-0.1, -0.05) is 55.3 Å². The number of halogens is 2. The Balaban J connectivity index is 1.81. The van der Waals surface area contributed by atoms with Crippen LogP contribution in [0.1, 0.15) is 54.4 Å². The summed E-state index contributed by atoms with van der Waals surface area (Å²) in [4.78, 5) is 25.8. The highest BCUT2D eigenvalue weighted by atomic mass is 35.5. The Kier molecular flexibility index (Phi) is 4.83. The summed E-state index contributed by atoms with van der Waals surface area (Å²) in [6, 6.07) is 2.42. The average Bonchev–Trinajstić information content (AvgIpc) is 2.83. The van der Waals surface area contributed by atoms with Gasteiger partial charge in [0.2, 0.25) is 0 Å². The lowest BCUT2D eigenvalue weighted by molar-refractivity contribution is -0.143. The second kappa shape index (κ2) is 6.70. The number of nitrogens with zero attached hydrogens (tertiary/aromatic N) is 1. The van der Waals surface area contributed by atoms with Crippen molar-refractivity contribution in [3.63, 3.8) is 0 Å². The number of hydrogen-bond donors (Lipinski definition) is 1. The van der Waals surface area contributed by atoms with Crippen molar-refractivity contribution in [2.75, 3.05) is 0 Å². The Morgan fingerprint density at radius 2 is 1.87 bits per heavy atom. The smallest absolute Gasteiger partial charge is 0.326 e. The molecule has 1 unspecified atom stereocenters. The minimum absolute atomic E-state index is 0.262. The van der Waals surface area contributed by atoms with Crippen LogP contribution in [0.3, 0.4) is 0 Å². The number of benzene rings is 1. The summed E-state index contributed by atoms with van der Waals surface area (Å²) in [7, 11) is 0. The lowest BCUT2D eigenvalue weighted by Gasteiger charge is -2.29. The molecule has 1 aliphatic carbocycles. The number of amides is 1. The molecule has 1 N–H and O–H groups in total. The molecule has 1 aromatic carbocycles. The Bertz CT molecular complexity index is 641. The second-order valence-corrected chi connectivity index (χ2v) is 7.26. The average molecular weight is 356 g/mol. The molecule has 0 spiro atoms. The van der Waals surface area contributed by atoms with Crippen LogP contribution < -0.4 is 0 Å². The van der Waals surface area contributed by atoms with Gasteiger partial charge in [-0.15, -0.1) is 0 Å². The van der Waals surface area contributed by atoms with E-state index in [4.69, 9.17) is 23.2 Å². The van der Waals surface area contributed by atoms with Gasteiger partial charge in [0, 0.05) is 12.1 Å². The summed E-state index contributed by atoms with van der Waals surface area (Å²) >= 11 is 12.0. The maximum atomic E-state index is 12.6. The number of carbonyl (C=O) groups excluding carboxylic acids is 1. The Labute approximate surface area is 145 Å². The van der Waals surface area contributed by atoms with E-state index in [1.165, 1.54) is 11.3 Å². The second-order valence-electron chi connectivity index (χ2n) is 6.45. The van der Waals surface area contributed by atoms with Crippen LogP contribution in [0, 0.1) is 5.92 Å². The molecule has 1 heterocycles. The molecule has 124 valence electrons. The molecular weight excluding hydrogens is 337 g/mol. The maximum absolute atomic E-state index is 12.6. The van der Waals surface area contributed by atoms with E-state index in [2.05, 4.69) is 0 Å². The number of fused-ring (bicyclic) bond motifs is 1. The molecule has 1 atom stereocenters. The highest BCUT2D eigenvalue weighted by Gasteiger charge is 2.38. The third-order valence-corrected chi connectivity index (χ3v) is 5.64. The highest BCUT2D eigenvalue weighted by molar-refractivity contribution is 6.42. The molecule has 4 nitrogen and oxygen atoms in total. The van der Waals surface area contributed by atoms with Crippen LogP contribution in [0.5, 0.6) is 0 Å². The van der Waals surface area contributed by atoms with E-state index >= 15 is 0 Å². The molecule has 23 heavy (non-hydrogen) atoms. The van der Waals surface area contributed by atoms with Gasteiger partial charge in [-0.3, -0.25) is 4.79 Å². The van der Waals surface area contributed by atoms with E-state index in [0.29, 0.717) is 27.9 Å². The lowest BCUT2D eigenvalue weighted by atomic mass is 9.84. The molecule has 1 aromatic rings. The largest absolute Gasteiger partial charge is 0.480 e. The van der Waals surface area contributed by atoms with Crippen molar-refractivity contribution in [1.82, 2.24) is 4.90 Å². The van der Waals surface area contributed by atoms with Gasteiger partial charge in [0.15, 0.2) is 0 Å². The minimum Gasteiger partial charge on any atom is -0.480 e. The molecule has 1 saturated carbocycles. The SMILES string of the molecule is O=C(O)C(CC1CCCCC1)N1Cc2cc(Cl)c(Cl)cc2C1=O. The number of rotatable bonds is 4. The molecule has 1 fully saturated rings. The first-order chi connectivity index (χ1) is 11.0. The Morgan fingerprint density at radius 3 is 2.52 bits per heavy atom. The standard InChI is InChI=1S/C17H19Cl2NO3/c18-13-7-11-9-20(16(21)12(11)8-14(13)19)15(17(22)23)6-10-4-2-1-3-5-10/h7-8,10,15H,1-6,9H2,(H,22,23). The fraction of sp³-hybridized carbons (Fsp3) is 0.529. The first-order valence-electron chi connectivity index (χ1n) is 7.99. The number of carboxylic acid groups (broad SMARTS) is 1. The zero-order chi connectivity index (χ0) is 16.6. The summed E-state index contributed by atoms with van der Waals surface area (Å²) in [5.41, 5.74) is 1.22. The fourth-order valence-corrected chi connectivity index (χ4v) is 4.03. The summed E-state index contributed by atoms with van der Waals surface area (Å²) in [5, 5.41) is 10.3. The minimum atomic E-state index is -0.936. The summed E-state index contributed by atoms with van der Waals surface area (Å²) in [6.45, 7) is 0.286. The predicted molar refractivity (Wildman–Crippen MR) is 89.0 cm³/mol. The third kappa shape index (κ3) is 3.33. The third-order valence-electron chi connectivity index (χ3n) is 4.92. The molecular formula is C17H19Cl2NO3. The summed E-state index contributed by atoms with van der Waals surface area (Å²) in [6.07, 6.45) is 6.15. The van der Waals surface area contributed by atoms with Gasteiger partial charge in [0.05, 0.1) is 10.0 Å². The first kappa shape index (κ1) is 16.6. The van der Waals surface area contributed by atoms with Crippen molar-refractivity contribution in [3.8, 4) is 0 Å². The van der Waals surface area contributed by atoms with E-state index < -0.39 is 12.0 Å². The number of aliphatic carboxylic acids is 1. The van der Waals surface area contributed by atoms with Crippen molar-refractivity contribution in [1.29, 1.82) is 0 Å². The molecule has 3 rings (SSSR count). The van der Waals surface area contributed by atoms with Crippen molar-refractivity contribution < 1.29 is 14.7 Å². The van der Waals surface area contributed by atoms with E-state index in [1.54, 1.807) is 12.1 Å². The van der Waals surface area contributed by atoms with Crippen LogP contribution in [0.25, 0.3) is 0 Å². The molecule has 0 saturated heterocycles. The number of carboxylic acids is 1. The van der Waals surface area contributed by atoms with Gasteiger partial charge in [0.1, 0.15) is 6.04 Å². The van der Waals surface area contributed by atoms with Gasteiger partial charge in [-0.05, 0) is 30.0 Å². The van der Waals surface area contributed by atoms with Crippen LogP contribution in [-0.2, 0) is 11.3 Å². The van der Waals surface area contributed by atoms with Gasteiger partial charge < -0.3 is 10.0 Å². The van der Waals surface area contributed by atoms with Gasteiger partial charge in [-0.25, -0.2) is 4.79 Å². The van der Waals surface area contributed by atoms with Gasteiger partial charge in [0.25, 0.3) is 5.91 Å². The van der Waals surface area contributed by atoms with Gasteiger partial charge in [-0.2, -0.15) is 0 Å². The molecule has 1 aliphatic heterocycles. The van der Waals surface area contributed by atoms with E-state index in [1.807, 2.05) is 0 Å². The summed E-state index contributed by atoms with van der Waals surface area (Å²) < 4.78 is 0. The fourth-order valence-electron chi connectivity index (χ4n) is 3.68. The first-order valence-corrected chi connectivity index (χ1v) is 8.74. The van der Waals surface area contributed by atoms with Gasteiger partial charge >= 0.3 is 5.97 Å². The number of carbonyl (C=O) groups is 2. The molecule has 0 radical (unpaired) electrons. The van der Waals surface area contributed by atoms with E-state index in [-0.39, 0.29) is 12.5 Å². The predicted octanol–water partition coefficient (Wildman–Crippen LogP) is 4.37. The summed E-state index contributed by atoms with van der Waals surface area (Å²) in [5.74, 6) is -0.816. The van der Waals surface area contributed by atoms with Crippen LogP contribution in [-0.4, -0.2) is 27.9 Å². The lowest BCUT2D eigenvalue weighted by Crippen LogP contribution is -2.42. The zero-order valence-electron chi connectivity index (χ0n) is 12.7. The Hall–Kier alpha value is -1.26. The Morgan fingerprint density at radius 1 is 1.22 bits per heavy atom.